The van der Waals surface area contributed by atoms with E-state index in [4.69, 9.17) is 9.47 Å². The van der Waals surface area contributed by atoms with E-state index in [1.807, 2.05) is 0 Å². The second-order valence-corrected chi connectivity index (χ2v) is 5.56. The molecule has 1 unspecified atom stereocenters. The van der Waals surface area contributed by atoms with Crippen molar-refractivity contribution in [2.75, 3.05) is 33.1 Å². The molecule has 2 N–H and O–H groups in total. The Hall–Kier alpha value is -2.77. The minimum absolute atomic E-state index is 0.0394. The van der Waals surface area contributed by atoms with E-state index >= 15 is 0 Å². The first-order valence-corrected chi connectivity index (χ1v) is 7.41. The molecule has 1 aliphatic rings. The molecule has 2 rings (SSSR count). The third-order valence-electron chi connectivity index (χ3n) is 4.01. The summed E-state index contributed by atoms with van der Waals surface area (Å²) >= 11 is 0. The number of carboxylic acids is 1. The third-order valence-corrected chi connectivity index (χ3v) is 4.01. The normalized spacial score (nSPS) is 17.4. The number of anilines is 1. The van der Waals surface area contributed by atoms with Gasteiger partial charge in [-0.25, -0.2) is 4.79 Å². The molecule has 0 saturated carbocycles. The van der Waals surface area contributed by atoms with E-state index in [1.165, 1.54) is 26.4 Å². The summed E-state index contributed by atoms with van der Waals surface area (Å²) < 4.78 is 10.3. The van der Waals surface area contributed by atoms with Crippen LogP contribution in [0.3, 0.4) is 0 Å². The molecule has 1 fully saturated rings. The van der Waals surface area contributed by atoms with Crippen LogP contribution in [-0.4, -0.2) is 55.6 Å². The molecule has 0 radical (unpaired) electrons. The maximum absolute atomic E-state index is 12.4. The van der Waals surface area contributed by atoms with Crippen molar-refractivity contribution in [2.45, 2.75) is 12.8 Å². The minimum atomic E-state index is -1.15. The maximum Gasteiger partial charge on any atom is 0.335 e. The van der Waals surface area contributed by atoms with Gasteiger partial charge < -0.3 is 24.8 Å². The van der Waals surface area contributed by atoms with Crippen LogP contribution in [0.25, 0.3) is 0 Å². The molecule has 1 heterocycles. The van der Waals surface area contributed by atoms with Crippen molar-refractivity contribution >= 4 is 23.5 Å². The Kier molecular flexibility index (Phi) is 5.28. The van der Waals surface area contributed by atoms with Crippen molar-refractivity contribution in [3.8, 4) is 11.5 Å². The first-order chi connectivity index (χ1) is 11.4. The molecular weight excluding hydrogens is 316 g/mol. The highest BCUT2D eigenvalue weighted by molar-refractivity contribution is 5.99. The number of benzene rings is 1. The van der Waals surface area contributed by atoms with Gasteiger partial charge in [0.1, 0.15) is 0 Å². The van der Waals surface area contributed by atoms with Crippen LogP contribution < -0.4 is 14.8 Å². The molecule has 130 valence electrons. The highest BCUT2D eigenvalue weighted by Crippen LogP contribution is 2.37. The quantitative estimate of drug-likeness (QED) is 0.837. The van der Waals surface area contributed by atoms with Crippen LogP contribution in [-0.2, 0) is 9.59 Å². The Bertz CT molecular complexity index is 673. The number of ether oxygens (including phenoxy) is 2. The van der Waals surface area contributed by atoms with Gasteiger partial charge in [0.25, 0.3) is 0 Å². The van der Waals surface area contributed by atoms with Crippen molar-refractivity contribution in [3.05, 3.63) is 17.7 Å². The molecule has 1 saturated heterocycles. The van der Waals surface area contributed by atoms with Gasteiger partial charge in [0.05, 0.1) is 25.5 Å². The fraction of sp³-hybridized carbons (Fsp3) is 0.438. The van der Waals surface area contributed by atoms with E-state index in [2.05, 4.69) is 5.32 Å². The van der Waals surface area contributed by atoms with Gasteiger partial charge in [-0.2, -0.15) is 0 Å². The summed E-state index contributed by atoms with van der Waals surface area (Å²) in [6.07, 6.45) is 0.673. The zero-order chi connectivity index (χ0) is 17.9. The summed E-state index contributed by atoms with van der Waals surface area (Å²) in [4.78, 5) is 37.0. The lowest BCUT2D eigenvalue weighted by Crippen LogP contribution is -2.39. The average molecular weight is 336 g/mol. The van der Waals surface area contributed by atoms with Gasteiger partial charge >= 0.3 is 5.97 Å². The van der Waals surface area contributed by atoms with Gasteiger partial charge in [-0.15, -0.1) is 0 Å². The van der Waals surface area contributed by atoms with Crippen molar-refractivity contribution in [1.29, 1.82) is 0 Å². The number of likely N-dealkylation sites (tertiary alicyclic amines) is 1. The van der Waals surface area contributed by atoms with Crippen LogP contribution in [0, 0.1) is 5.92 Å². The second-order valence-electron chi connectivity index (χ2n) is 5.56. The molecule has 1 aliphatic heterocycles. The second kappa shape index (κ2) is 7.20. The van der Waals surface area contributed by atoms with Gasteiger partial charge in [0.2, 0.25) is 11.8 Å². The molecule has 8 nitrogen and oxygen atoms in total. The lowest BCUT2D eigenvalue weighted by Gasteiger charge is -2.28. The number of aromatic carboxylic acids is 1. The first kappa shape index (κ1) is 17.6. The fourth-order valence-electron chi connectivity index (χ4n) is 2.58. The van der Waals surface area contributed by atoms with E-state index in [-0.39, 0.29) is 41.0 Å². The fourth-order valence-corrected chi connectivity index (χ4v) is 2.58. The summed E-state index contributed by atoms with van der Waals surface area (Å²) in [5.41, 5.74) is 0.160. The number of nitrogens with one attached hydrogen (secondary N) is 1. The predicted octanol–water partition coefficient (Wildman–Crippen LogP) is 1.21. The van der Waals surface area contributed by atoms with Crippen molar-refractivity contribution in [1.82, 2.24) is 4.90 Å². The predicted molar refractivity (Wildman–Crippen MR) is 85.5 cm³/mol. The van der Waals surface area contributed by atoms with Crippen molar-refractivity contribution < 1.29 is 29.0 Å². The summed E-state index contributed by atoms with van der Waals surface area (Å²) in [5, 5.41) is 11.8. The number of carbonyl (C=O) groups excluding carboxylic acids is 2. The lowest BCUT2D eigenvalue weighted by atomic mass is 9.95. The van der Waals surface area contributed by atoms with Gasteiger partial charge in [-0.3, -0.25) is 9.59 Å². The van der Waals surface area contributed by atoms with Crippen LogP contribution >= 0.6 is 0 Å². The zero-order valence-corrected chi connectivity index (χ0v) is 13.8. The average Bonchev–Trinajstić information content (AvgIpc) is 2.56. The highest BCUT2D eigenvalue weighted by Gasteiger charge is 2.29. The molecular formula is C16H20N2O6. The van der Waals surface area contributed by atoms with Gasteiger partial charge in [-0.1, -0.05) is 0 Å². The Morgan fingerprint density at radius 1 is 1.29 bits per heavy atom. The van der Waals surface area contributed by atoms with E-state index in [0.717, 1.165) is 0 Å². The molecule has 1 aromatic rings. The molecule has 0 spiro atoms. The number of methoxy groups -OCH3 is 2. The summed E-state index contributed by atoms with van der Waals surface area (Å²) in [6.45, 7) is 0.506. The topological polar surface area (TPSA) is 105 Å². The smallest absolute Gasteiger partial charge is 0.335 e. The monoisotopic (exact) mass is 336 g/mol. The zero-order valence-electron chi connectivity index (χ0n) is 13.8. The Labute approximate surface area is 139 Å². The van der Waals surface area contributed by atoms with E-state index < -0.39 is 11.9 Å². The number of rotatable bonds is 5. The number of carboxylic acid groups (broad SMARTS) is 1. The lowest BCUT2D eigenvalue weighted by molar-refractivity contribution is -0.137. The largest absolute Gasteiger partial charge is 0.493 e. The van der Waals surface area contributed by atoms with E-state index in [1.54, 1.807) is 11.9 Å². The molecule has 1 atom stereocenters. The number of hydrogen-bond donors (Lipinski definition) is 2. The van der Waals surface area contributed by atoms with Crippen LogP contribution in [0.2, 0.25) is 0 Å². The molecule has 1 aromatic carbocycles. The minimum Gasteiger partial charge on any atom is -0.493 e. The van der Waals surface area contributed by atoms with Crippen LogP contribution in [0.4, 0.5) is 5.69 Å². The Morgan fingerprint density at radius 3 is 2.54 bits per heavy atom. The highest BCUT2D eigenvalue weighted by atomic mass is 16.5. The number of hydrogen-bond acceptors (Lipinski definition) is 5. The Balaban J connectivity index is 2.27. The third kappa shape index (κ3) is 3.58. The number of piperidine rings is 1. The molecule has 8 heteroatoms. The van der Waals surface area contributed by atoms with Crippen LogP contribution in [0.1, 0.15) is 23.2 Å². The molecule has 0 aliphatic carbocycles. The van der Waals surface area contributed by atoms with Crippen LogP contribution in [0.5, 0.6) is 11.5 Å². The SMILES string of the molecule is COc1cc(C(=O)O)cc(NC(=O)C2CCN(C)C(=O)C2)c1OC. The van der Waals surface area contributed by atoms with Crippen LogP contribution in [0.15, 0.2) is 12.1 Å². The van der Waals surface area contributed by atoms with Gasteiger partial charge in [0, 0.05) is 25.9 Å². The Morgan fingerprint density at radius 2 is 2.00 bits per heavy atom. The number of amides is 2. The number of carbonyl (C=O) groups is 3. The molecule has 0 aromatic heterocycles. The molecule has 2 amide bonds. The standard InChI is InChI=1S/C16H20N2O6/c1-18-5-4-9(8-13(18)19)15(20)17-11-6-10(16(21)22)7-12(23-2)14(11)24-3/h6-7,9H,4-5,8H2,1-3H3,(H,17,20)(H,21,22). The van der Waals surface area contributed by atoms with Crippen molar-refractivity contribution in [2.24, 2.45) is 5.92 Å². The summed E-state index contributed by atoms with van der Waals surface area (Å²) in [6, 6.07) is 2.62. The summed E-state index contributed by atoms with van der Waals surface area (Å²) in [5.74, 6) is -1.62. The van der Waals surface area contributed by atoms with Gasteiger partial charge in [0.15, 0.2) is 11.5 Å². The first-order valence-electron chi connectivity index (χ1n) is 7.41. The van der Waals surface area contributed by atoms with Crippen molar-refractivity contribution in [3.63, 3.8) is 0 Å². The summed E-state index contributed by atoms with van der Waals surface area (Å²) in [7, 11) is 4.47. The molecule has 24 heavy (non-hydrogen) atoms. The maximum atomic E-state index is 12.4. The van der Waals surface area contributed by atoms with E-state index in [0.29, 0.717) is 13.0 Å². The number of nitrogens with zero attached hydrogens (tertiary/aromatic N) is 1. The van der Waals surface area contributed by atoms with Gasteiger partial charge in [-0.05, 0) is 18.6 Å². The molecule has 0 bridgehead atoms. The van der Waals surface area contributed by atoms with E-state index in [9.17, 15) is 19.5 Å².